The van der Waals surface area contributed by atoms with Gasteiger partial charge in [-0.1, -0.05) is 77.2 Å². The predicted octanol–water partition coefficient (Wildman–Crippen LogP) is 4.81. The lowest BCUT2D eigenvalue weighted by Gasteiger charge is -2.27. The monoisotopic (exact) mass is 431 g/mol. The molecule has 0 N–H and O–H groups in total. The summed E-state index contributed by atoms with van der Waals surface area (Å²) in [5, 5.41) is 4.46. The van der Waals surface area contributed by atoms with Gasteiger partial charge in [-0.15, -0.1) is 0 Å². The lowest BCUT2D eigenvalue weighted by Crippen LogP contribution is -2.33. The predicted molar refractivity (Wildman–Crippen MR) is 114 cm³/mol. The Bertz CT molecular complexity index is 614. The van der Waals surface area contributed by atoms with E-state index in [0.717, 1.165) is 0 Å². The zero-order valence-electron chi connectivity index (χ0n) is 13.1. The first-order chi connectivity index (χ1) is 11.4. The third-order valence-corrected chi connectivity index (χ3v) is 9.51. The molecule has 0 aromatic heterocycles. The van der Waals surface area contributed by atoms with Crippen molar-refractivity contribution in [3.05, 3.63) is 91.0 Å². The van der Waals surface area contributed by atoms with Crippen LogP contribution >= 0.6 is 29.9 Å². The Morgan fingerprint density at radius 2 is 0.913 bits per heavy atom. The van der Waals surface area contributed by atoms with Gasteiger partial charge in [-0.05, 0) is 42.8 Å². The van der Waals surface area contributed by atoms with Gasteiger partial charge < -0.3 is 0 Å². The molecule has 23 heavy (non-hydrogen) atoms. The maximum atomic E-state index is 2.50. The Kier molecular flexibility index (Phi) is 5.85. The van der Waals surface area contributed by atoms with Crippen molar-refractivity contribution in [3.8, 4) is 0 Å². The van der Waals surface area contributed by atoms with Gasteiger partial charge in [-0.25, -0.2) is 0 Å². The lowest BCUT2D eigenvalue weighted by molar-refractivity contribution is 1.14. The van der Waals surface area contributed by atoms with E-state index in [1.807, 2.05) is 0 Å². The van der Waals surface area contributed by atoms with Gasteiger partial charge in [0.1, 0.15) is 23.2 Å². The second-order valence-electron chi connectivity index (χ2n) is 5.58. The van der Waals surface area contributed by atoms with Gasteiger partial charge in [0.15, 0.2) is 0 Å². The van der Waals surface area contributed by atoms with Gasteiger partial charge >= 0.3 is 0 Å². The topological polar surface area (TPSA) is 0 Å². The molecule has 2 heteroatoms. The van der Waals surface area contributed by atoms with Crippen LogP contribution in [0.5, 0.6) is 0 Å². The van der Waals surface area contributed by atoms with Crippen molar-refractivity contribution >= 4 is 45.8 Å². The minimum atomic E-state index is -1.57. The summed E-state index contributed by atoms with van der Waals surface area (Å²) in [7, 11) is -1.57. The second-order valence-corrected chi connectivity index (χ2v) is 10.3. The van der Waals surface area contributed by atoms with Crippen molar-refractivity contribution in [2.45, 2.75) is 6.42 Å². The van der Waals surface area contributed by atoms with Crippen LogP contribution in [-0.4, -0.2) is 10.6 Å². The SMILES string of the molecule is ICCC[P+](c1ccccc1)(c1ccccc1)c1ccccc1. The van der Waals surface area contributed by atoms with Crippen molar-refractivity contribution in [3.63, 3.8) is 0 Å². The smallest absolute Gasteiger partial charge is 0.0862 e. The Morgan fingerprint density at radius 1 is 0.565 bits per heavy atom. The van der Waals surface area contributed by atoms with Crippen LogP contribution in [-0.2, 0) is 0 Å². The molecular formula is C21H21IP+. The van der Waals surface area contributed by atoms with Crippen LogP contribution in [0.3, 0.4) is 0 Å². The normalized spacial score (nSPS) is 11.3. The summed E-state index contributed by atoms with van der Waals surface area (Å²) in [6.45, 7) is 0. The molecule has 0 saturated carbocycles. The fraction of sp³-hybridized carbons (Fsp3) is 0.143. The van der Waals surface area contributed by atoms with E-state index in [2.05, 4.69) is 114 Å². The molecule has 0 nitrogen and oxygen atoms in total. The van der Waals surface area contributed by atoms with Gasteiger partial charge in [-0.3, -0.25) is 0 Å². The lowest BCUT2D eigenvalue weighted by atomic mass is 10.4. The van der Waals surface area contributed by atoms with Crippen molar-refractivity contribution in [1.82, 2.24) is 0 Å². The van der Waals surface area contributed by atoms with Crippen LogP contribution in [0.2, 0.25) is 0 Å². The molecule has 0 amide bonds. The highest BCUT2D eigenvalue weighted by atomic mass is 127. The van der Waals surface area contributed by atoms with Crippen LogP contribution in [0.25, 0.3) is 0 Å². The highest BCUT2D eigenvalue weighted by Crippen LogP contribution is 2.55. The molecule has 0 spiro atoms. The highest BCUT2D eigenvalue weighted by Gasteiger charge is 2.44. The molecule has 3 aromatic carbocycles. The van der Waals surface area contributed by atoms with E-state index in [1.165, 1.54) is 32.9 Å². The number of hydrogen-bond donors (Lipinski definition) is 0. The maximum absolute atomic E-state index is 2.50. The van der Waals surface area contributed by atoms with E-state index < -0.39 is 7.26 Å². The average Bonchev–Trinajstić information content (AvgIpc) is 2.65. The standard InChI is InChI=1S/C21H21IP/c22-17-10-18-23(19-11-4-1-5-12-19,20-13-6-2-7-14-20)21-15-8-3-9-16-21/h1-9,11-16H,10,17-18H2/q+1. The van der Waals surface area contributed by atoms with Gasteiger partial charge in [0.25, 0.3) is 0 Å². The minimum Gasteiger partial charge on any atom is -0.0862 e. The molecule has 0 radical (unpaired) electrons. The zero-order valence-corrected chi connectivity index (χ0v) is 16.2. The molecule has 0 aliphatic heterocycles. The van der Waals surface area contributed by atoms with Crippen molar-refractivity contribution < 1.29 is 0 Å². The first-order valence-corrected chi connectivity index (χ1v) is 11.5. The maximum Gasteiger partial charge on any atom is 0.112 e. The van der Waals surface area contributed by atoms with E-state index in [0.29, 0.717) is 0 Å². The van der Waals surface area contributed by atoms with E-state index in [4.69, 9.17) is 0 Å². The van der Waals surface area contributed by atoms with Crippen molar-refractivity contribution in [2.24, 2.45) is 0 Å². The average molecular weight is 431 g/mol. The second kappa shape index (κ2) is 8.08. The molecule has 0 bridgehead atoms. The fourth-order valence-electron chi connectivity index (χ4n) is 3.18. The summed E-state index contributed by atoms with van der Waals surface area (Å²) >= 11 is 2.50. The molecule has 3 aromatic rings. The molecule has 0 saturated heterocycles. The third-order valence-electron chi connectivity index (χ3n) is 4.22. The van der Waals surface area contributed by atoms with Gasteiger partial charge in [0, 0.05) is 4.43 Å². The van der Waals surface area contributed by atoms with E-state index >= 15 is 0 Å². The number of alkyl halides is 1. The number of halogens is 1. The molecule has 0 heterocycles. The Morgan fingerprint density at radius 3 is 1.22 bits per heavy atom. The Hall–Kier alpha value is -1.18. The summed E-state index contributed by atoms with van der Waals surface area (Å²) in [5.74, 6) is 0. The van der Waals surface area contributed by atoms with Crippen LogP contribution in [0.15, 0.2) is 91.0 Å². The Labute approximate surface area is 153 Å². The zero-order chi connectivity index (χ0) is 16.0. The summed E-state index contributed by atoms with van der Waals surface area (Å²) in [5.41, 5.74) is 0. The molecule has 0 aliphatic carbocycles. The molecule has 0 aliphatic rings. The minimum absolute atomic E-state index is 1.20. The number of benzene rings is 3. The van der Waals surface area contributed by atoms with Crippen molar-refractivity contribution in [2.75, 3.05) is 10.6 Å². The molecule has 3 rings (SSSR count). The van der Waals surface area contributed by atoms with Crippen molar-refractivity contribution in [1.29, 1.82) is 0 Å². The molecule has 0 atom stereocenters. The largest absolute Gasteiger partial charge is 0.112 e. The Balaban J connectivity index is 2.25. The van der Waals surface area contributed by atoms with E-state index in [9.17, 15) is 0 Å². The third kappa shape index (κ3) is 3.51. The molecular weight excluding hydrogens is 410 g/mol. The number of rotatable bonds is 6. The van der Waals surface area contributed by atoms with Crippen LogP contribution in [0, 0.1) is 0 Å². The summed E-state index contributed by atoms with van der Waals surface area (Å²) in [6.07, 6.45) is 2.47. The first-order valence-electron chi connectivity index (χ1n) is 7.99. The molecule has 116 valence electrons. The summed E-state index contributed by atoms with van der Waals surface area (Å²) < 4.78 is 1.20. The fourth-order valence-corrected chi connectivity index (χ4v) is 8.51. The summed E-state index contributed by atoms with van der Waals surface area (Å²) in [6, 6.07) is 33.4. The summed E-state index contributed by atoms with van der Waals surface area (Å²) in [4.78, 5) is 0. The quantitative estimate of drug-likeness (QED) is 0.299. The molecule has 0 unspecified atom stereocenters. The first kappa shape index (κ1) is 16.7. The number of hydrogen-bond acceptors (Lipinski definition) is 0. The highest BCUT2D eigenvalue weighted by molar-refractivity contribution is 14.1. The van der Waals surface area contributed by atoms with E-state index in [-0.39, 0.29) is 0 Å². The van der Waals surface area contributed by atoms with E-state index in [1.54, 1.807) is 0 Å². The van der Waals surface area contributed by atoms with Gasteiger partial charge in [0.05, 0.1) is 6.16 Å². The van der Waals surface area contributed by atoms with Gasteiger partial charge in [-0.2, -0.15) is 0 Å². The molecule has 0 fully saturated rings. The van der Waals surface area contributed by atoms with Crippen LogP contribution < -0.4 is 15.9 Å². The van der Waals surface area contributed by atoms with Crippen LogP contribution in [0.4, 0.5) is 0 Å². The van der Waals surface area contributed by atoms with Crippen LogP contribution in [0.1, 0.15) is 6.42 Å². The van der Waals surface area contributed by atoms with Gasteiger partial charge in [0.2, 0.25) is 0 Å².